The molecule has 0 radical (unpaired) electrons. The molecule has 0 saturated carbocycles. The Bertz CT molecular complexity index is 897. The van der Waals surface area contributed by atoms with Crippen LogP contribution in [0.4, 0.5) is 14.7 Å². The Hall–Kier alpha value is -3.29. The first-order chi connectivity index (χ1) is 12.6. The largest absolute Gasteiger partial charge is 0.478 e. The van der Waals surface area contributed by atoms with Gasteiger partial charge in [-0.15, -0.1) is 0 Å². The molecule has 134 valence electrons. The topological polar surface area (TPSA) is 77.2 Å². The van der Waals surface area contributed by atoms with E-state index in [4.69, 9.17) is 9.26 Å². The van der Waals surface area contributed by atoms with Crippen LogP contribution < -0.4 is 10.1 Å². The van der Waals surface area contributed by atoms with Gasteiger partial charge in [-0.1, -0.05) is 19.1 Å². The van der Waals surface area contributed by atoms with E-state index < -0.39 is 23.6 Å². The zero-order valence-electron chi connectivity index (χ0n) is 13.8. The van der Waals surface area contributed by atoms with Gasteiger partial charge in [-0.25, -0.2) is 8.78 Å². The van der Waals surface area contributed by atoms with E-state index in [2.05, 4.69) is 15.5 Å². The zero-order chi connectivity index (χ0) is 18.5. The smallest absolute Gasteiger partial charge is 0.270 e. The van der Waals surface area contributed by atoms with Gasteiger partial charge in [0.25, 0.3) is 17.7 Å². The summed E-state index contributed by atoms with van der Waals surface area (Å²) in [5.41, 5.74) is 0.508. The number of rotatable bonds is 6. The number of benzene rings is 2. The highest BCUT2D eigenvalue weighted by molar-refractivity contribution is 5.92. The van der Waals surface area contributed by atoms with Crippen LogP contribution in [-0.4, -0.2) is 22.2 Å². The van der Waals surface area contributed by atoms with Crippen molar-refractivity contribution in [1.29, 1.82) is 0 Å². The Labute approximate surface area is 147 Å². The standard InChI is InChI=1S/C18H15F2N3O3/c1-2-14(25-15-6-4-3-5-13(15)20)16(24)21-18-22-17(26-23-18)11-7-9-12(19)10-8-11/h3-10,14H,2H2,1H3,(H,21,23,24)/t14-/m0/s1. The number of carbonyl (C=O) groups is 1. The molecule has 8 heteroatoms. The van der Waals surface area contributed by atoms with Crippen LogP contribution in [0.2, 0.25) is 0 Å². The molecule has 1 N–H and O–H groups in total. The Balaban J connectivity index is 1.68. The number of nitrogens with zero attached hydrogens (tertiary/aromatic N) is 2. The molecule has 26 heavy (non-hydrogen) atoms. The molecule has 1 amide bonds. The van der Waals surface area contributed by atoms with Crippen LogP contribution in [-0.2, 0) is 4.79 Å². The van der Waals surface area contributed by atoms with Gasteiger partial charge in [-0.3, -0.25) is 10.1 Å². The van der Waals surface area contributed by atoms with Crippen molar-refractivity contribution in [3.8, 4) is 17.2 Å². The minimum atomic E-state index is -0.931. The maximum atomic E-state index is 13.7. The first-order valence-electron chi connectivity index (χ1n) is 7.88. The Morgan fingerprint density at radius 2 is 1.92 bits per heavy atom. The molecule has 0 saturated heterocycles. The van der Waals surface area contributed by atoms with Crippen LogP contribution in [0.15, 0.2) is 53.1 Å². The van der Waals surface area contributed by atoms with E-state index in [1.54, 1.807) is 13.0 Å². The molecule has 2 aromatic carbocycles. The lowest BCUT2D eigenvalue weighted by molar-refractivity contribution is -0.123. The van der Waals surface area contributed by atoms with E-state index in [0.717, 1.165) is 0 Å². The van der Waals surface area contributed by atoms with E-state index >= 15 is 0 Å². The number of ether oxygens (including phenoxy) is 1. The fourth-order valence-corrected chi connectivity index (χ4v) is 2.19. The van der Waals surface area contributed by atoms with Gasteiger partial charge in [-0.05, 0) is 48.0 Å². The fraction of sp³-hybridized carbons (Fsp3) is 0.167. The lowest BCUT2D eigenvalue weighted by Crippen LogP contribution is -2.33. The van der Waals surface area contributed by atoms with Gasteiger partial charge in [0.15, 0.2) is 17.7 Å². The molecule has 3 rings (SSSR count). The van der Waals surface area contributed by atoms with Crippen LogP contribution in [0, 0.1) is 11.6 Å². The average molecular weight is 359 g/mol. The molecule has 1 atom stereocenters. The predicted molar refractivity (Wildman–Crippen MR) is 89.4 cm³/mol. The number of hydrogen-bond donors (Lipinski definition) is 1. The van der Waals surface area contributed by atoms with Crippen molar-refractivity contribution in [2.75, 3.05) is 5.32 Å². The van der Waals surface area contributed by atoms with E-state index in [-0.39, 0.29) is 17.6 Å². The SMILES string of the molecule is CC[C@H](Oc1ccccc1F)C(=O)Nc1noc(-c2ccc(F)cc2)n1. The van der Waals surface area contributed by atoms with Gasteiger partial charge in [0.1, 0.15) is 5.82 Å². The monoisotopic (exact) mass is 359 g/mol. The molecular weight excluding hydrogens is 344 g/mol. The Kier molecular flexibility index (Phi) is 5.21. The average Bonchev–Trinajstić information content (AvgIpc) is 3.10. The molecule has 0 bridgehead atoms. The van der Waals surface area contributed by atoms with Gasteiger partial charge in [0.2, 0.25) is 0 Å². The van der Waals surface area contributed by atoms with Crippen molar-refractivity contribution in [2.24, 2.45) is 0 Å². The van der Waals surface area contributed by atoms with Crippen LogP contribution >= 0.6 is 0 Å². The Morgan fingerprint density at radius 1 is 1.19 bits per heavy atom. The molecule has 1 heterocycles. The number of halogens is 2. The maximum absolute atomic E-state index is 13.7. The van der Waals surface area contributed by atoms with Gasteiger partial charge in [-0.2, -0.15) is 4.98 Å². The molecule has 0 spiro atoms. The Morgan fingerprint density at radius 3 is 2.62 bits per heavy atom. The number of aromatic nitrogens is 2. The van der Waals surface area contributed by atoms with Gasteiger partial charge < -0.3 is 9.26 Å². The van der Waals surface area contributed by atoms with Crippen molar-refractivity contribution in [3.05, 3.63) is 60.2 Å². The molecule has 6 nitrogen and oxygen atoms in total. The van der Waals surface area contributed by atoms with E-state index in [9.17, 15) is 13.6 Å². The minimum absolute atomic E-state index is 0.0189. The summed E-state index contributed by atoms with van der Waals surface area (Å²) in [6, 6.07) is 11.3. The molecule has 0 aliphatic carbocycles. The van der Waals surface area contributed by atoms with Crippen LogP contribution in [0.3, 0.4) is 0 Å². The summed E-state index contributed by atoms with van der Waals surface area (Å²) in [7, 11) is 0. The summed E-state index contributed by atoms with van der Waals surface area (Å²) < 4.78 is 37.1. The first-order valence-corrected chi connectivity index (χ1v) is 7.88. The second-order valence-corrected chi connectivity index (χ2v) is 5.36. The highest BCUT2D eigenvalue weighted by atomic mass is 19.1. The molecule has 1 aromatic heterocycles. The highest BCUT2D eigenvalue weighted by Crippen LogP contribution is 2.20. The number of carbonyl (C=O) groups excluding carboxylic acids is 1. The number of para-hydroxylation sites is 1. The molecule has 0 aliphatic rings. The molecule has 3 aromatic rings. The lowest BCUT2D eigenvalue weighted by Gasteiger charge is -2.16. The summed E-state index contributed by atoms with van der Waals surface area (Å²) in [5.74, 6) is -1.44. The third-order valence-corrected chi connectivity index (χ3v) is 3.52. The van der Waals surface area contributed by atoms with Gasteiger partial charge in [0.05, 0.1) is 0 Å². The molecule has 0 unspecified atom stereocenters. The number of nitrogens with one attached hydrogen (secondary N) is 1. The van der Waals surface area contributed by atoms with Crippen molar-refractivity contribution in [2.45, 2.75) is 19.4 Å². The van der Waals surface area contributed by atoms with Crippen LogP contribution in [0.25, 0.3) is 11.5 Å². The van der Waals surface area contributed by atoms with Crippen LogP contribution in [0.5, 0.6) is 5.75 Å². The molecular formula is C18H15F2N3O3. The van der Waals surface area contributed by atoms with Crippen LogP contribution in [0.1, 0.15) is 13.3 Å². The lowest BCUT2D eigenvalue weighted by atomic mass is 10.2. The molecule has 0 fully saturated rings. The summed E-state index contributed by atoms with van der Waals surface area (Å²) in [6.45, 7) is 1.73. The summed E-state index contributed by atoms with van der Waals surface area (Å²) in [6.07, 6.45) is -0.622. The summed E-state index contributed by atoms with van der Waals surface area (Å²) in [5, 5.41) is 6.11. The van der Waals surface area contributed by atoms with E-state index in [1.165, 1.54) is 42.5 Å². The van der Waals surface area contributed by atoms with Gasteiger partial charge in [0, 0.05) is 5.56 Å². The second-order valence-electron chi connectivity index (χ2n) is 5.36. The number of amides is 1. The third kappa shape index (κ3) is 4.02. The van der Waals surface area contributed by atoms with E-state index in [1.807, 2.05) is 0 Å². The normalized spacial score (nSPS) is 11.8. The van der Waals surface area contributed by atoms with Crippen molar-refractivity contribution < 1.29 is 22.8 Å². The number of anilines is 1. The quantitative estimate of drug-likeness (QED) is 0.724. The predicted octanol–water partition coefficient (Wildman–Crippen LogP) is 3.81. The summed E-state index contributed by atoms with van der Waals surface area (Å²) in [4.78, 5) is 16.3. The fourth-order valence-electron chi connectivity index (χ4n) is 2.19. The number of hydrogen-bond acceptors (Lipinski definition) is 5. The molecule has 0 aliphatic heterocycles. The third-order valence-electron chi connectivity index (χ3n) is 3.52. The highest BCUT2D eigenvalue weighted by Gasteiger charge is 2.22. The second kappa shape index (κ2) is 7.73. The minimum Gasteiger partial charge on any atom is -0.478 e. The summed E-state index contributed by atoms with van der Waals surface area (Å²) >= 11 is 0. The zero-order valence-corrected chi connectivity index (χ0v) is 13.8. The van der Waals surface area contributed by atoms with E-state index in [0.29, 0.717) is 12.0 Å². The van der Waals surface area contributed by atoms with Crippen molar-refractivity contribution in [3.63, 3.8) is 0 Å². The maximum Gasteiger partial charge on any atom is 0.270 e. The first kappa shape index (κ1) is 17.5. The van der Waals surface area contributed by atoms with Crippen molar-refractivity contribution in [1.82, 2.24) is 10.1 Å². The van der Waals surface area contributed by atoms with Gasteiger partial charge >= 0.3 is 0 Å². The van der Waals surface area contributed by atoms with Crippen molar-refractivity contribution >= 4 is 11.9 Å².